The third kappa shape index (κ3) is 5.59. The molecular weight excluding hydrogens is 514 g/mol. The molecule has 40 heavy (non-hydrogen) atoms. The lowest BCUT2D eigenvalue weighted by atomic mass is 9.76. The van der Waals surface area contributed by atoms with Gasteiger partial charge in [-0.15, -0.1) is 0 Å². The van der Waals surface area contributed by atoms with Crippen LogP contribution in [0.4, 0.5) is 11.4 Å². The van der Waals surface area contributed by atoms with Gasteiger partial charge in [-0.25, -0.2) is 0 Å². The number of fused-ring (bicyclic) bond motifs is 2. The van der Waals surface area contributed by atoms with Crippen LogP contribution in [0, 0.1) is 10.1 Å². The van der Waals surface area contributed by atoms with Gasteiger partial charge in [-0.1, -0.05) is 18.2 Å². The Hall–Kier alpha value is -3.02. The maximum atomic E-state index is 11.9. The Morgan fingerprint density at radius 3 is 2.10 bits per heavy atom. The molecule has 5 rings (SSSR count). The molecule has 2 aromatic carbocycles. The van der Waals surface area contributed by atoms with E-state index in [0.29, 0.717) is 83.8 Å². The number of benzene rings is 2. The second-order valence-electron chi connectivity index (χ2n) is 10.8. The first-order valence-corrected chi connectivity index (χ1v) is 13.9. The van der Waals surface area contributed by atoms with E-state index in [1.54, 1.807) is 12.1 Å². The molecule has 0 aliphatic carbocycles. The molecule has 0 N–H and O–H groups in total. The molecule has 10 heteroatoms. The van der Waals surface area contributed by atoms with E-state index in [1.165, 1.54) is 5.56 Å². The highest BCUT2D eigenvalue weighted by Crippen LogP contribution is 2.54. The number of ether oxygens (including phenoxy) is 5. The molecule has 0 aromatic heterocycles. The number of hydrogen-bond donors (Lipinski definition) is 0. The van der Waals surface area contributed by atoms with Crippen LogP contribution < -0.4 is 9.64 Å². The zero-order valence-electron chi connectivity index (χ0n) is 23.6. The van der Waals surface area contributed by atoms with Crippen LogP contribution in [-0.4, -0.2) is 88.5 Å². The second-order valence-corrected chi connectivity index (χ2v) is 10.8. The minimum absolute atomic E-state index is 0.0420. The van der Waals surface area contributed by atoms with E-state index in [0.717, 1.165) is 11.3 Å². The number of para-hydroxylation sites is 1. The van der Waals surface area contributed by atoms with Crippen LogP contribution in [0.25, 0.3) is 6.08 Å². The lowest BCUT2D eigenvalue weighted by molar-refractivity contribution is -0.385. The van der Waals surface area contributed by atoms with E-state index in [-0.39, 0.29) is 16.0 Å². The van der Waals surface area contributed by atoms with E-state index in [1.807, 2.05) is 31.3 Å². The fourth-order valence-corrected chi connectivity index (χ4v) is 5.82. The molecule has 10 nitrogen and oxygen atoms in total. The van der Waals surface area contributed by atoms with E-state index < -0.39 is 5.72 Å². The molecule has 216 valence electrons. The van der Waals surface area contributed by atoms with Crippen molar-refractivity contribution < 1.29 is 28.6 Å². The van der Waals surface area contributed by atoms with Crippen LogP contribution in [0.2, 0.25) is 0 Å². The number of likely N-dealkylation sites (N-methyl/N-ethyl adjacent to an activating group) is 1. The summed E-state index contributed by atoms with van der Waals surface area (Å²) in [7, 11) is 2.04. The topological polar surface area (TPSA) is 95.8 Å². The normalized spacial score (nSPS) is 24.0. The van der Waals surface area contributed by atoms with Crippen LogP contribution in [0.3, 0.4) is 0 Å². The predicted octanol–water partition coefficient (Wildman–Crippen LogP) is 4.01. The monoisotopic (exact) mass is 553 g/mol. The van der Waals surface area contributed by atoms with Crippen molar-refractivity contribution in [1.29, 1.82) is 0 Å². The van der Waals surface area contributed by atoms with Gasteiger partial charge in [0.1, 0.15) is 5.75 Å². The summed E-state index contributed by atoms with van der Waals surface area (Å²) in [4.78, 5) is 15.9. The summed E-state index contributed by atoms with van der Waals surface area (Å²) in [6, 6.07) is 11.6. The second kappa shape index (κ2) is 12.2. The fourth-order valence-electron chi connectivity index (χ4n) is 5.82. The molecule has 1 spiro atoms. The quantitative estimate of drug-likeness (QED) is 0.413. The number of nitro benzene ring substituents is 1. The molecule has 1 atom stereocenters. The Labute approximate surface area is 235 Å². The smallest absolute Gasteiger partial charge is 0.270 e. The molecule has 3 aliphatic heterocycles. The third-order valence-electron chi connectivity index (χ3n) is 8.08. The Balaban J connectivity index is 1.43. The Morgan fingerprint density at radius 1 is 0.900 bits per heavy atom. The molecule has 0 radical (unpaired) electrons. The third-order valence-corrected chi connectivity index (χ3v) is 8.08. The highest BCUT2D eigenvalue weighted by Gasteiger charge is 2.57. The number of hydrogen-bond acceptors (Lipinski definition) is 9. The first-order chi connectivity index (χ1) is 19.3. The zero-order valence-corrected chi connectivity index (χ0v) is 23.6. The number of non-ortho nitro benzene ring substituents is 1. The first kappa shape index (κ1) is 28.5. The van der Waals surface area contributed by atoms with Gasteiger partial charge in [0, 0.05) is 55.6 Å². The SMILES string of the molecule is CN1c2ccccc2C(C)(C)C12C=Cc1cc([N+](=O)[O-])cc(CN3CCOCCOCCOCCOCC3)c1O2. The van der Waals surface area contributed by atoms with Crippen molar-refractivity contribution >= 4 is 17.5 Å². The molecular formula is C30H39N3O7. The molecule has 1 fully saturated rings. The predicted molar refractivity (Wildman–Crippen MR) is 152 cm³/mol. The lowest BCUT2D eigenvalue weighted by Crippen LogP contribution is -2.58. The van der Waals surface area contributed by atoms with E-state index in [2.05, 4.69) is 35.8 Å². The average molecular weight is 554 g/mol. The van der Waals surface area contributed by atoms with Crippen molar-refractivity contribution in [3.63, 3.8) is 0 Å². The molecule has 3 heterocycles. The van der Waals surface area contributed by atoms with Gasteiger partial charge < -0.3 is 28.6 Å². The van der Waals surface area contributed by atoms with Crippen LogP contribution in [0.15, 0.2) is 42.5 Å². The van der Waals surface area contributed by atoms with Crippen molar-refractivity contribution in [2.75, 3.05) is 77.9 Å². The Morgan fingerprint density at radius 2 is 1.50 bits per heavy atom. The first-order valence-electron chi connectivity index (χ1n) is 13.9. The summed E-state index contributed by atoms with van der Waals surface area (Å²) in [5, 5.41) is 11.9. The number of nitro groups is 1. The van der Waals surface area contributed by atoms with Crippen molar-refractivity contribution in [1.82, 2.24) is 4.90 Å². The lowest BCUT2D eigenvalue weighted by Gasteiger charge is -2.46. The molecule has 3 aliphatic rings. The minimum Gasteiger partial charge on any atom is -0.462 e. The Kier molecular flexibility index (Phi) is 8.72. The minimum atomic E-state index is -0.780. The van der Waals surface area contributed by atoms with Gasteiger partial charge in [0.15, 0.2) is 0 Å². The molecule has 1 unspecified atom stereocenters. The molecule has 0 saturated carbocycles. The van der Waals surface area contributed by atoms with Crippen LogP contribution in [-0.2, 0) is 30.9 Å². The Bertz CT molecular complexity index is 1220. The fraction of sp³-hybridized carbons (Fsp3) is 0.533. The summed E-state index contributed by atoms with van der Waals surface area (Å²) in [5.74, 6) is 0.667. The summed E-state index contributed by atoms with van der Waals surface area (Å²) in [5.41, 5.74) is 2.66. The van der Waals surface area contributed by atoms with Crippen LogP contribution in [0.5, 0.6) is 5.75 Å². The summed E-state index contributed by atoms with van der Waals surface area (Å²) < 4.78 is 29.6. The van der Waals surface area contributed by atoms with Gasteiger partial charge in [-0.05, 0) is 37.6 Å². The average Bonchev–Trinajstić information content (AvgIpc) is 3.10. The molecule has 0 bridgehead atoms. The highest BCUT2D eigenvalue weighted by atomic mass is 16.6. The van der Waals surface area contributed by atoms with E-state index >= 15 is 0 Å². The molecule has 2 aromatic rings. The maximum absolute atomic E-state index is 11.9. The number of anilines is 1. The van der Waals surface area contributed by atoms with Gasteiger partial charge >= 0.3 is 0 Å². The van der Waals surface area contributed by atoms with Crippen LogP contribution >= 0.6 is 0 Å². The highest BCUT2D eigenvalue weighted by molar-refractivity contribution is 5.73. The van der Waals surface area contributed by atoms with Crippen molar-refractivity contribution in [2.45, 2.75) is 31.5 Å². The van der Waals surface area contributed by atoms with Crippen molar-refractivity contribution in [3.05, 3.63) is 69.3 Å². The largest absolute Gasteiger partial charge is 0.462 e. The van der Waals surface area contributed by atoms with Gasteiger partial charge in [-0.2, -0.15) is 0 Å². The van der Waals surface area contributed by atoms with E-state index in [9.17, 15) is 10.1 Å². The van der Waals surface area contributed by atoms with E-state index in [4.69, 9.17) is 23.7 Å². The van der Waals surface area contributed by atoms with Gasteiger partial charge in [0.25, 0.3) is 5.69 Å². The number of nitrogens with zero attached hydrogens (tertiary/aromatic N) is 3. The van der Waals surface area contributed by atoms with Gasteiger partial charge in [-0.3, -0.25) is 15.0 Å². The maximum Gasteiger partial charge on any atom is 0.270 e. The standard InChI is InChI=1S/C30H39N3O7/c1-29(2)26-6-4-5-7-27(26)31(3)30(29)9-8-23-20-25(33(34)35)21-24(28(23)40-30)22-32-10-12-36-14-16-38-18-19-39-17-15-37-13-11-32/h4-9,20-21H,10-19,22H2,1-3H3. The van der Waals surface area contributed by atoms with Crippen molar-refractivity contribution in [2.24, 2.45) is 0 Å². The molecule has 0 amide bonds. The van der Waals surface area contributed by atoms with Gasteiger partial charge in [0.2, 0.25) is 5.72 Å². The van der Waals surface area contributed by atoms with Crippen LogP contribution in [0.1, 0.15) is 30.5 Å². The number of rotatable bonds is 3. The van der Waals surface area contributed by atoms with Gasteiger partial charge in [0.05, 0.1) is 63.2 Å². The van der Waals surface area contributed by atoms with Crippen molar-refractivity contribution in [3.8, 4) is 5.75 Å². The summed E-state index contributed by atoms with van der Waals surface area (Å²) in [6.45, 7) is 10.2. The summed E-state index contributed by atoms with van der Waals surface area (Å²) >= 11 is 0. The molecule has 1 saturated heterocycles. The summed E-state index contributed by atoms with van der Waals surface area (Å²) in [6.07, 6.45) is 4.01. The zero-order chi connectivity index (χ0) is 28.2.